The topological polar surface area (TPSA) is 68.0 Å². The van der Waals surface area contributed by atoms with Gasteiger partial charge in [-0.15, -0.1) is 11.3 Å². The van der Waals surface area contributed by atoms with Crippen LogP contribution in [0.2, 0.25) is 0 Å². The summed E-state index contributed by atoms with van der Waals surface area (Å²) in [6, 6.07) is 0. The van der Waals surface area contributed by atoms with Crippen LogP contribution < -0.4 is 11.1 Å². The first kappa shape index (κ1) is 13.1. The van der Waals surface area contributed by atoms with Crippen LogP contribution in [0.4, 0.5) is 0 Å². The molecule has 88 valence electrons. The highest BCUT2D eigenvalue weighted by atomic mass is 32.1. The average molecular weight is 257 g/mol. The lowest BCUT2D eigenvalue weighted by Crippen LogP contribution is -2.54. The first-order chi connectivity index (χ1) is 7.40. The molecule has 6 heteroatoms. The number of nitrogens with two attached hydrogens (primary N) is 1. The van der Waals surface area contributed by atoms with Crippen molar-refractivity contribution < 1.29 is 4.79 Å². The second-order valence-electron chi connectivity index (χ2n) is 3.77. The SMILES string of the molecule is CCC(C)(NC(=O)c1scnc1C)C(N)=S. The van der Waals surface area contributed by atoms with Crippen molar-refractivity contribution in [3.8, 4) is 0 Å². The summed E-state index contributed by atoms with van der Waals surface area (Å²) in [6.07, 6.45) is 0.659. The third-order valence-corrected chi connectivity index (χ3v) is 3.97. The second-order valence-corrected chi connectivity index (χ2v) is 5.07. The Balaban J connectivity index is 2.86. The number of hydrogen-bond acceptors (Lipinski definition) is 4. The molecule has 1 unspecified atom stereocenters. The zero-order valence-corrected chi connectivity index (χ0v) is 11.2. The van der Waals surface area contributed by atoms with Gasteiger partial charge in [-0.05, 0) is 20.3 Å². The van der Waals surface area contributed by atoms with E-state index < -0.39 is 5.54 Å². The first-order valence-electron chi connectivity index (χ1n) is 4.93. The van der Waals surface area contributed by atoms with Crippen molar-refractivity contribution in [1.29, 1.82) is 0 Å². The van der Waals surface area contributed by atoms with Crippen LogP contribution in [0.1, 0.15) is 35.6 Å². The van der Waals surface area contributed by atoms with Crippen LogP contribution in [0, 0.1) is 6.92 Å². The number of carbonyl (C=O) groups excluding carboxylic acids is 1. The smallest absolute Gasteiger partial charge is 0.264 e. The highest BCUT2D eigenvalue weighted by Crippen LogP contribution is 2.15. The molecule has 0 spiro atoms. The molecule has 0 bridgehead atoms. The molecule has 1 rings (SSSR count). The van der Waals surface area contributed by atoms with E-state index >= 15 is 0 Å². The predicted octanol–water partition coefficient (Wildman–Crippen LogP) is 1.64. The molecule has 1 aromatic heterocycles. The molecule has 0 saturated heterocycles. The van der Waals surface area contributed by atoms with Crippen LogP contribution >= 0.6 is 23.6 Å². The van der Waals surface area contributed by atoms with E-state index in [0.29, 0.717) is 16.3 Å². The Kier molecular flexibility index (Phi) is 3.98. The highest BCUT2D eigenvalue weighted by Gasteiger charge is 2.28. The van der Waals surface area contributed by atoms with E-state index in [4.69, 9.17) is 18.0 Å². The molecule has 1 aromatic rings. The maximum Gasteiger partial charge on any atom is 0.264 e. The Hall–Kier alpha value is -1.01. The van der Waals surface area contributed by atoms with Crippen LogP contribution in [0.15, 0.2) is 5.51 Å². The molecule has 1 amide bonds. The number of aromatic nitrogens is 1. The third-order valence-electron chi connectivity index (χ3n) is 2.59. The third kappa shape index (κ3) is 2.56. The number of nitrogens with one attached hydrogen (secondary N) is 1. The quantitative estimate of drug-likeness (QED) is 0.805. The summed E-state index contributed by atoms with van der Waals surface area (Å²) in [5, 5.41) is 2.85. The standard InChI is InChI=1S/C10H15N3OS2/c1-4-10(3,9(11)15)13-8(14)7-6(2)12-5-16-7/h5H,4H2,1-3H3,(H2,11,15)(H,13,14). The fraction of sp³-hybridized carbons (Fsp3) is 0.500. The Labute approximate surface area is 104 Å². The van der Waals surface area contributed by atoms with Gasteiger partial charge in [0, 0.05) is 0 Å². The molecule has 1 heterocycles. The van der Waals surface area contributed by atoms with Gasteiger partial charge in [-0.1, -0.05) is 19.1 Å². The molecule has 4 nitrogen and oxygen atoms in total. The van der Waals surface area contributed by atoms with Crippen molar-refractivity contribution in [2.45, 2.75) is 32.7 Å². The number of thiocarbonyl (C=S) groups is 1. The number of aryl methyl sites for hydroxylation is 1. The molecule has 1 atom stereocenters. The lowest BCUT2D eigenvalue weighted by molar-refractivity contribution is 0.0930. The van der Waals surface area contributed by atoms with Gasteiger partial charge in [0.1, 0.15) is 4.88 Å². The molecule has 0 aliphatic rings. The lowest BCUT2D eigenvalue weighted by atomic mass is 9.99. The first-order valence-corrected chi connectivity index (χ1v) is 6.22. The van der Waals surface area contributed by atoms with Crippen molar-refractivity contribution in [3.05, 3.63) is 16.1 Å². The van der Waals surface area contributed by atoms with Gasteiger partial charge < -0.3 is 11.1 Å². The average Bonchev–Trinajstić information content (AvgIpc) is 2.64. The molecule has 0 fully saturated rings. The van der Waals surface area contributed by atoms with Crippen molar-refractivity contribution >= 4 is 34.5 Å². The highest BCUT2D eigenvalue weighted by molar-refractivity contribution is 7.80. The molecular formula is C10H15N3OS2. The predicted molar refractivity (Wildman–Crippen MR) is 69.8 cm³/mol. The largest absolute Gasteiger partial charge is 0.391 e. The fourth-order valence-corrected chi connectivity index (χ4v) is 2.04. The van der Waals surface area contributed by atoms with E-state index in [9.17, 15) is 4.79 Å². The van der Waals surface area contributed by atoms with Gasteiger partial charge in [-0.2, -0.15) is 0 Å². The minimum absolute atomic E-state index is 0.169. The minimum atomic E-state index is -0.636. The van der Waals surface area contributed by atoms with Gasteiger partial charge in [0.05, 0.1) is 21.7 Å². The van der Waals surface area contributed by atoms with E-state index in [1.165, 1.54) is 11.3 Å². The van der Waals surface area contributed by atoms with Crippen molar-refractivity contribution in [3.63, 3.8) is 0 Å². The Morgan fingerprint density at radius 3 is 2.75 bits per heavy atom. The van der Waals surface area contributed by atoms with E-state index in [1.54, 1.807) is 12.4 Å². The summed E-state index contributed by atoms with van der Waals surface area (Å²) in [6.45, 7) is 5.55. The summed E-state index contributed by atoms with van der Waals surface area (Å²) >= 11 is 6.27. The summed E-state index contributed by atoms with van der Waals surface area (Å²) in [5.74, 6) is -0.169. The van der Waals surface area contributed by atoms with E-state index in [-0.39, 0.29) is 5.91 Å². The Morgan fingerprint density at radius 2 is 2.38 bits per heavy atom. The molecule has 0 aliphatic heterocycles. The summed E-state index contributed by atoms with van der Waals surface area (Å²) < 4.78 is 0. The Bertz CT molecular complexity index is 416. The van der Waals surface area contributed by atoms with Gasteiger partial charge in [0.2, 0.25) is 0 Å². The lowest BCUT2D eigenvalue weighted by Gasteiger charge is -2.28. The Morgan fingerprint density at radius 1 is 1.75 bits per heavy atom. The van der Waals surface area contributed by atoms with Gasteiger partial charge >= 0.3 is 0 Å². The van der Waals surface area contributed by atoms with E-state index in [0.717, 1.165) is 5.69 Å². The van der Waals surface area contributed by atoms with Crippen LogP contribution in [0.5, 0.6) is 0 Å². The number of hydrogen-bond donors (Lipinski definition) is 2. The molecule has 3 N–H and O–H groups in total. The van der Waals surface area contributed by atoms with Gasteiger partial charge in [0.25, 0.3) is 5.91 Å². The van der Waals surface area contributed by atoms with Crippen LogP contribution in [-0.4, -0.2) is 21.4 Å². The molecule has 0 aromatic carbocycles. The van der Waals surface area contributed by atoms with Gasteiger partial charge in [-0.3, -0.25) is 4.79 Å². The van der Waals surface area contributed by atoms with E-state index in [1.807, 2.05) is 13.8 Å². The molecule has 0 radical (unpaired) electrons. The summed E-state index contributed by atoms with van der Waals surface area (Å²) in [7, 11) is 0. The van der Waals surface area contributed by atoms with Crippen molar-refractivity contribution in [2.75, 3.05) is 0 Å². The van der Waals surface area contributed by atoms with Crippen molar-refractivity contribution in [1.82, 2.24) is 10.3 Å². The van der Waals surface area contributed by atoms with Crippen molar-refractivity contribution in [2.24, 2.45) is 5.73 Å². The van der Waals surface area contributed by atoms with Crippen LogP contribution in [0.3, 0.4) is 0 Å². The normalized spacial score (nSPS) is 14.2. The van der Waals surface area contributed by atoms with Crippen LogP contribution in [0.25, 0.3) is 0 Å². The molecule has 16 heavy (non-hydrogen) atoms. The van der Waals surface area contributed by atoms with E-state index in [2.05, 4.69) is 10.3 Å². The number of rotatable bonds is 4. The zero-order valence-electron chi connectivity index (χ0n) is 9.53. The second kappa shape index (κ2) is 4.88. The number of carbonyl (C=O) groups is 1. The fourth-order valence-electron chi connectivity index (χ4n) is 1.15. The zero-order chi connectivity index (χ0) is 12.3. The monoisotopic (exact) mass is 257 g/mol. The summed E-state index contributed by atoms with van der Waals surface area (Å²) in [5.41, 5.74) is 7.36. The maximum absolute atomic E-state index is 11.9. The number of nitrogens with zero attached hydrogens (tertiary/aromatic N) is 1. The van der Waals surface area contributed by atoms with Crippen LogP contribution in [-0.2, 0) is 0 Å². The van der Waals surface area contributed by atoms with Gasteiger partial charge in [-0.25, -0.2) is 4.98 Å². The summed E-state index contributed by atoms with van der Waals surface area (Å²) in [4.78, 5) is 16.9. The maximum atomic E-state index is 11.9. The number of amides is 1. The number of thiazole rings is 1. The van der Waals surface area contributed by atoms with Gasteiger partial charge in [0.15, 0.2) is 0 Å². The molecule has 0 aliphatic carbocycles. The molecular weight excluding hydrogens is 242 g/mol. The minimum Gasteiger partial charge on any atom is -0.391 e. The molecule has 0 saturated carbocycles.